The van der Waals surface area contributed by atoms with Crippen LogP contribution in [0.3, 0.4) is 0 Å². The van der Waals surface area contributed by atoms with Gasteiger partial charge in [0.05, 0.1) is 0 Å². The maximum absolute atomic E-state index is 12.5. The fourth-order valence-electron chi connectivity index (χ4n) is 3.18. The van der Waals surface area contributed by atoms with Gasteiger partial charge >= 0.3 is 23.9 Å². The third-order valence-electron chi connectivity index (χ3n) is 4.40. The third kappa shape index (κ3) is 11.0. The van der Waals surface area contributed by atoms with Gasteiger partial charge in [-0.1, -0.05) is 11.8 Å². The molecule has 3 unspecified atom stereocenters. The van der Waals surface area contributed by atoms with Crippen LogP contribution < -0.4 is 5.32 Å². The second-order valence-corrected chi connectivity index (χ2v) is 8.76. The molecule has 0 aromatic carbocycles. The molecule has 0 radical (unpaired) electrons. The van der Waals surface area contributed by atoms with Crippen LogP contribution in [0.15, 0.2) is 0 Å². The van der Waals surface area contributed by atoms with Gasteiger partial charge in [-0.2, -0.15) is 0 Å². The lowest BCUT2D eigenvalue weighted by atomic mass is 9.97. The molecule has 1 aliphatic rings. The highest BCUT2D eigenvalue weighted by atomic mass is 32.2. The predicted molar refractivity (Wildman–Crippen MR) is 117 cm³/mol. The summed E-state index contributed by atoms with van der Waals surface area (Å²) in [5, 5.41) is 2.57. The zero-order chi connectivity index (χ0) is 25.8. The van der Waals surface area contributed by atoms with Crippen LogP contribution in [0.4, 0.5) is 0 Å². The molecule has 12 nitrogen and oxygen atoms in total. The SMILES string of the molecule is CC(=O)OCC1O[C@@H](NC(=O)CCCCSC(C)=O)C(OC(C)=O)C(OC(C)=O)[C@@H]1OC(C)=O. The highest BCUT2D eigenvalue weighted by Crippen LogP contribution is 2.28. The molecule has 0 aliphatic carbocycles. The molecular formula is C21H31NO11S. The Hall–Kier alpha value is -2.67. The average Bonchev–Trinajstić information content (AvgIpc) is 2.69. The number of thioether (sulfide) groups is 1. The maximum Gasteiger partial charge on any atom is 0.303 e. The quantitative estimate of drug-likeness (QED) is 0.237. The summed E-state index contributed by atoms with van der Waals surface area (Å²) >= 11 is 1.16. The lowest BCUT2D eigenvalue weighted by Gasteiger charge is -2.44. The molecule has 0 aromatic heterocycles. The molecule has 1 aliphatic heterocycles. The summed E-state index contributed by atoms with van der Waals surface area (Å²) in [4.78, 5) is 70.1. The first-order valence-corrected chi connectivity index (χ1v) is 11.6. The number of ether oxygens (including phenoxy) is 5. The molecule has 13 heteroatoms. The van der Waals surface area contributed by atoms with E-state index in [-0.39, 0.29) is 18.1 Å². The van der Waals surface area contributed by atoms with E-state index in [1.807, 2.05) is 0 Å². The molecule has 192 valence electrons. The standard InChI is InChI=1S/C21H31NO11S/c1-11(23)29-10-16-18(30-12(2)24)19(31-13(3)25)20(32-14(4)26)21(33-16)22-17(28)8-6-7-9-34-15(5)27/h16,18-21H,6-10H2,1-5H3,(H,22,28)/t16?,18-,19?,20?,21-/m1/s1. The van der Waals surface area contributed by atoms with Crippen molar-refractivity contribution in [1.82, 2.24) is 5.32 Å². The molecule has 5 atom stereocenters. The number of esters is 4. The third-order valence-corrected chi connectivity index (χ3v) is 5.30. The summed E-state index contributed by atoms with van der Waals surface area (Å²) in [5.74, 6) is -2.78. The van der Waals surface area contributed by atoms with Crippen molar-refractivity contribution in [2.24, 2.45) is 0 Å². The Morgan fingerprint density at radius 1 is 0.765 bits per heavy atom. The van der Waals surface area contributed by atoms with E-state index in [1.165, 1.54) is 13.8 Å². The van der Waals surface area contributed by atoms with E-state index in [9.17, 15) is 28.8 Å². The van der Waals surface area contributed by atoms with Crippen LogP contribution >= 0.6 is 11.8 Å². The van der Waals surface area contributed by atoms with Gasteiger partial charge in [0.15, 0.2) is 29.7 Å². The van der Waals surface area contributed by atoms with Gasteiger partial charge < -0.3 is 29.0 Å². The summed E-state index contributed by atoms with van der Waals surface area (Å²) in [6.07, 6.45) is -5.23. The zero-order valence-corrected chi connectivity index (χ0v) is 20.6. The monoisotopic (exact) mass is 505 g/mol. The number of hydrogen-bond acceptors (Lipinski definition) is 12. The minimum absolute atomic E-state index is 0.0121. The van der Waals surface area contributed by atoms with Crippen LogP contribution in [0.25, 0.3) is 0 Å². The van der Waals surface area contributed by atoms with Crippen molar-refractivity contribution < 1.29 is 52.5 Å². The highest BCUT2D eigenvalue weighted by Gasteiger charge is 2.52. The molecule has 1 N–H and O–H groups in total. The predicted octanol–water partition coefficient (Wildman–Crippen LogP) is 0.636. The van der Waals surface area contributed by atoms with E-state index in [1.54, 1.807) is 0 Å². The van der Waals surface area contributed by atoms with Gasteiger partial charge in [-0.3, -0.25) is 28.8 Å². The molecule has 1 rings (SSSR count). The van der Waals surface area contributed by atoms with E-state index in [0.29, 0.717) is 18.6 Å². The first kappa shape index (κ1) is 29.4. The van der Waals surface area contributed by atoms with Crippen molar-refractivity contribution in [3.8, 4) is 0 Å². The number of amides is 1. The van der Waals surface area contributed by atoms with Crippen LogP contribution in [0.1, 0.15) is 53.9 Å². The summed E-state index contributed by atoms with van der Waals surface area (Å²) in [6.45, 7) is 5.58. The zero-order valence-electron chi connectivity index (χ0n) is 19.8. The average molecular weight is 506 g/mol. The molecule has 0 spiro atoms. The molecule has 1 amide bonds. The van der Waals surface area contributed by atoms with Crippen molar-refractivity contribution in [2.45, 2.75) is 84.5 Å². The molecule has 0 aromatic rings. The number of rotatable bonds is 11. The van der Waals surface area contributed by atoms with Crippen LogP contribution in [0.5, 0.6) is 0 Å². The van der Waals surface area contributed by atoms with Crippen LogP contribution in [0, 0.1) is 0 Å². The fourth-order valence-corrected chi connectivity index (χ4v) is 3.81. The van der Waals surface area contributed by atoms with Gasteiger partial charge in [-0.25, -0.2) is 0 Å². The number of carbonyl (C=O) groups excluding carboxylic acids is 6. The lowest BCUT2D eigenvalue weighted by Crippen LogP contribution is -2.66. The van der Waals surface area contributed by atoms with Crippen LogP contribution in [-0.2, 0) is 52.5 Å². The first-order valence-electron chi connectivity index (χ1n) is 10.6. The Balaban J connectivity index is 3.09. The summed E-state index contributed by atoms with van der Waals surface area (Å²) < 4.78 is 26.6. The van der Waals surface area contributed by atoms with Crippen molar-refractivity contribution in [3.63, 3.8) is 0 Å². The van der Waals surface area contributed by atoms with Gasteiger partial charge in [0, 0.05) is 46.8 Å². The second kappa shape index (κ2) is 14.6. The Morgan fingerprint density at radius 3 is 1.85 bits per heavy atom. The number of nitrogens with one attached hydrogen (secondary N) is 1. The van der Waals surface area contributed by atoms with E-state index >= 15 is 0 Å². The van der Waals surface area contributed by atoms with Gasteiger partial charge in [0.1, 0.15) is 12.7 Å². The van der Waals surface area contributed by atoms with Crippen LogP contribution in [0.2, 0.25) is 0 Å². The molecule has 1 heterocycles. The van der Waals surface area contributed by atoms with Crippen molar-refractivity contribution in [3.05, 3.63) is 0 Å². The Bertz CT molecular complexity index is 772. The Morgan fingerprint density at radius 2 is 1.32 bits per heavy atom. The Labute approximate surface area is 201 Å². The van der Waals surface area contributed by atoms with Crippen LogP contribution in [-0.4, -0.2) is 77.9 Å². The van der Waals surface area contributed by atoms with Crippen molar-refractivity contribution in [1.29, 1.82) is 0 Å². The van der Waals surface area contributed by atoms with Gasteiger partial charge in [-0.15, -0.1) is 0 Å². The molecule has 1 fully saturated rings. The summed E-state index contributed by atoms with van der Waals surface area (Å²) in [6, 6.07) is 0. The molecule has 34 heavy (non-hydrogen) atoms. The normalized spacial score (nSPS) is 23.9. The van der Waals surface area contributed by atoms with Crippen molar-refractivity contribution >= 4 is 46.7 Å². The molecule has 1 saturated heterocycles. The second-order valence-electron chi connectivity index (χ2n) is 7.48. The topological polar surface area (TPSA) is 161 Å². The van der Waals surface area contributed by atoms with E-state index in [0.717, 1.165) is 32.5 Å². The van der Waals surface area contributed by atoms with Crippen molar-refractivity contribution in [2.75, 3.05) is 12.4 Å². The fraction of sp³-hybridized carbons (Fsp3) is 0.714. The van der Waals surface area contributed by atoms with Gasteiger partial charge in [0.2, 0.25) is 5.91 Å². The first-order chi connectivity index (χ1) is 15.9. The number of unbranched alkanes of at least 4 members (excludes halogenated alkanes) is 1. The summed E-state index contributed by atoms with van der Waals surface area (Å²) in [7, 11) is 0. The number of hydrogen-bond donors (Lipinski definition) is 1. The minimum atomic E-state index is -1.35. The lowest BCUT2D eigenvalue weighted by molar-refractivity contribution is -0.257. The minimum Gasteiger partial charge on any atom is -0.463 e. The highest BCUT2D eigenvalue weighted by molar-refractivity contribution is 8.13. The maximum atomic E-state index is 12.5. The smallest absolute Gasteiger partial charge is 0.303 e. The van der Waals surface area contributed by atoms with E-state index in [2.05, 4.69) is 5.32 Å². The molecular weight excluding hydrogens is 474 g/mol. The van der Waals surface area contributed by atoms with Gasteiger partial charge in [-0.05, 0) is 12.8 Å². The largest absolute Gasteiger partial charge is 0.463 e. The summed E-state index contributed by atoms with van der Waals surface area (Å²) in [5.41, 5.74) is 0. The van der Waals surface area contributed by atoms with E-state index in [4.69, 9.17) is 23.7 Å². The Kier molecular flexibility index (Phi) is 12.6. The molecule has 0 saturated carbocycles. The number of carbonyl (C=O) groups is 6. The van der Waals surface area contributed by atoms with Gasteiger partial charge in [0.25, 0.3) is 0 Å². The molecule has 0 bridgehead atoms. The van der Waals surface area contributed by atoms with E-state index < -0.39 is 60.4 Å².